The quantitative estimate of drug-likeness (QED) is 0.648. The van der Waals surface area contributed by atoms with E-state index in [4.69, 9.17) is 0 Å². The van der Waals surface area contributed by atoms with Gasteiger partial charge in [0.2, 0.25) is 5.95 Å². The highest BCUT2D eigenvalue weighted by molar-refractivity contribution is 6.45. The van der Waals surface area contributed by atoms with E-state index in [1.54, 1.807) is 32.2 Å². The smallest absolute Gasteiger partial charge is 0.376 e. The Balaban J connectivity index is 1.76. The normalized spacial score (nSPS) is 15.4. The molecule has 0 aliphatic carbocycles. The zero-order chi connectivity index (χ0) is 20.4. The summed E-state index contributed by atoms with van der Waals surface area (Å²) >= 11 is 0. The number of piperidine rings is 1. The van der Waals surface area contributed by atoms with Gasteiger partial charge in [-0.2, -0.15) is 0 Å². The molecule has 4 rings (SSSR count). The number of halogens is 1. The monoisotopic (exact) mass is 394 g/mol. The van der Waals surface area contributed by atoms with Crippen molar-refractivity contribution < 1.29 is 9.41 Å². The number of aromatic nitrogens is 4. The highest BCUT2D eigenvalue weighted by Gasteiger charge is 2.28. The van der Waals surface area contributed by atoms with Gasteiger partial charge in [-0.1, -0.05) is 0 Å². The molecular formula is C20H24BFN6O. The molecule has 9 heteroatoms. The molecule has 3 aromatic rings. The summed E-state index contributed by atoms with van der Waals surface area (Å²) in [6.07, 6.45) is 5.37. The lowest BCUT2D eigenvalue weighted by Crippen LogP contribution is -2.43. The molecule has 0 atom stereocenters. The number of rotatable bonds is 5. The third kappa shape index (κ3) is 4.01. The first-order chi connectivity index (χ1) is 14.1. The predicted octanol–water partition coefficient (Wildman–Crippen LogP) is 2.94. The first kappa shape index (κ1) is 19.5. The first-order valence-corrected chi connectivity index (χ1v) is 9.83. The van der Waals surface area contributed by atoms with Crippen LogP contribution in [-0.4, -0.2) is 56.5 Å². The summed E-state index contributed by atoms with van der Waals surface area (Å²) < 4.78 is 15.6. The molecule has 1 saturated heterocycles. The lowest BCUT2D eigenvalue weighted by molar-refractivity contribution is 0.252. The highest BCUT2D eigenvalue weighted by Crippen LogP contribution is 2.35. The second kappa shape index (κ2) is 8.30. The van der Waals surface area contributed by atoms with E-state index >= 15 is 0 Å². The van der Waals surface area contributed by atoms with Gasteiger partial charge in [-0.25, -0.2) is 19.3 Å². The third-order valence-electron chi connectivity index (χ3n) is 5.45. The van der Waals surface area contributed by atoms with Gasteiger partial charge >= 0.3 is 7.05 Å². The van der Waals surface area contributed by atoms with Crippen molar-refractivity contribution in [1.29, 1.82) is 0 Å². The van der Waals surface area contributed by atoms with E-state index < -0.39 is 7.05 Å². The average Bonchev–Trinajstić information content (AvgIpc) is 3.19. The number of benzene rings is 1. The van der Waals surface area contributed by atoms with Crippen molar-refractivity contribution in [1.82, 2.24) is 24.3 Å². The van der Waals surface area contributed by atoms with Gasteiger partial charge < -0.3 is 19.7 Å². The summed E-state index contributed by atoms with van der Waals surface area (Å²) in [5.74, 6) is 0.254. The molecule has 29 heavy (non-hydrogen) atoms. The van der Waals surface area contributed by atoms with E-state index in [1.165, 1.54) is 12.1 Å². The van der Waals surface area contributed by atoms with E-state index in [1.807, 2.05) is 12.4 Å². The Morgan fingerprint density at radius 1 is 1.14 bits per heavy atom. The van der Waals surface area contributed by atoms with Crippen LogP contribution in [0.25, 0.3) is 22.6 Å². The molecule has 7 nitrogen and oxygen atoms in total. The van der Waals surface area contributed by atoms with Crippen LogP contribution in [0, 0.1) is 5.82 Å². The first-order valence-electron chi connectivity index (χ1n) is 9.83. The van der Waals surface area contributed by atoms with Gasteiger partial charge in [0.25, 0.3) is 0 Å². The van der Waals surface area contributed by atoms with Crippen LogP contribution in [0.3, 0.4) is 0 Å². The predicted molar refractivity (Wildman–Crippen MR) is 112 cm³/mol. The maximum atomic E-state index is 13.4. The topological polar surface area (TPSA) is 79.1 Å². The second-order valence-electron chi connectivity index (χ2n) is 7.27. The maximum absolute atomic E-state index is 13.4. The van der Waals surface area contributed by atoms with Gasteiger partial charge in [0.05, 0.1) is 23.4 Å². The summed E-state index contributed by atoms with van der Waals surface area (Å²) in [6.45, 7) is 3.44. The molecule has 0 unspecified atom stereocenters. The number of hydrogen-bond donors (Lipinski definition) is 2. The van der Waals surface area contributed by atoms with Gasteiger partial charge in [-0.3, -0.25) is 0 Å². The molecule has 2 aromatic heterocycles. The molecule has 1 fully saturated rings. The number of hydrogen-bond acceptors (Lipinski definition) is 6. The Morgan fingerprint density at radius 2 is 1.86 bits per heavy atom. The highest BCUT2D eigenvalue weighted by atomic mass is 19.1. The van der Waals surface area contributed by atoms with E-state index in [2.05, 4.69) is 29.6 Å². The van der Waals surface area contributed by atoms with Crippen molar-refractivity contribution in [2.24, 2.45) is 0 Å². The van der Waals surface area contributed by atoms with E-state index in [-0.39, 0.29) is 11.9 Å². The minimum atomic E-state index is -0.437. The summed E-state index contributed by atoms with van der Waals surface area (Å²) in [6, 6.07) is 8.47. The molecule has 1 aliphatic rings. The maximum Gasteiger partial charge on any atom is 0.376 e. The molecule has 0 bridgehead atoms. The van der Waals surface area contributed by atoms with Crippen LogP contribution < -0.4 is 5.32 Å². The van der Waals surface area contributed by atoms with Crippen molar-refractivity contribution in [2.45, 2.75) is 25.7 Å². The zero-order valence-corrected chi connectivity index (χ0v) is 16.6. The van der Waals surface area contributed by atoms with Crippen molar-refractivity contribution in [3.8, 4) is 22.6 Å². The number of nitrogens with zero attached hydrogens (tertiary/aromatic N) is 5. The van der Waals surface area contributed by atoms with Crippen molar-refractivity contribution >= 4 is 13.0 Å². The fraction of sp³-hybridized carbons (Fsp3) is 0.350. The molecule has 1 aromatic carbocycles. The Bertz CT molecular complexity index is 969. The standard InChI is InChI=1S/C20H24BFN6O/c1-21(29)27-11-8-16(9-12-27)28-13-25-18(14-3-5-15(22)6-4-14)19(28)17-7-10-24-20(23-2)26-17/h3-7,10,13,16,29H,8-9,11-12H2,1-2H3,(H,23,24,26). The molecule has 0 saturated carbocycles. The summed E-state index contributed by atoms with van der Waals surface area (Å²) in [4.78, 5) is 15.6. The van der Waals surface area contributed by atoms with Crippen LogP contribution in [0.2, 0.25) is 6.82 Å². The average molecular weight is 394 g/mol. The van der Waals surface area contributed by atoms with Gasteiger partial charge in [0, 0.05) is 24.8 Å². The SMILES string of the molecule is CNc1nccc(-c2c(-c3ccc(F)cc3)ncn2C2CCN(B(C)O)CC2)n1. The fourth-order valence-corrected chi connectivity index (χ4v) is 3.86. The Labute approximate surface area is 169 Å². The van der Waals surface area contributed by atoms with Gasteiger partial charge in [-0.15, -0.1) is 0 Å². The Hall–Kier alpha value is -2.78. The molecule has 0 amide bonds. The van der Waals surface area contributed by atoms with Crippen LogP contribution in [-0.2, 0) is 0 Å². The van der Waals surface area contributed by atoms with Crippen LogP contribution in [0.1, 0.15) is 18.9 Å². The molecule has 0 radical (unpaired) electrons. The number of anilines is 1. The molecule has 150 valence electrons. The van der Waals surface area contributed by atoms with E-state index in [0.29, 0.717) is 5.95 Å². The minimum Gasteiger partial charge on any atom is -0.437 e. The van der Waals surface area contributed by atoms with Crippen LogP contribution in [0.5, 0.6) is 0 Å². The number of nitrogens with one attached hydrogen (secondary N) is 1. The van der Waals surface area contributed by atoms with E-state index in [9.17, 15) is 9.41 Å². The van der Waals surface area contributed by atoms with Crippen molar-refractivity contribution in [3.63, 3.8) is 0 Å². The number of imidazole rings is 1. The zero-order valence-electron chi connectivity index (χ0n) is 16.6. The largest absolute Gasteiger partial charge is 0.437 e. The molecule has 2 N–H and O–H groups in total. The molecular weight excluding hydrogens is 370 g/mol. The summed E-state index contributed by atoms with van der Waals surface area (Å²) in [5, 5.41) is 12.8. The molecule has 0 spiro atoms. The van der Waals surface area contributed by atoms with Gasteiger partial charge in [-0.05, 0) is 63.1 Å². The van der Waals surface area contributed by atoms with Crippen LogP contribution >= 0.6 is 0 Å². The molecule has 1 aliphatic heterocycles. The fourth-order valence-electron chi connectivity index (χ4n) is 3.86. The van der Waals surface area contributed by atoms with E-state index in [0.717, 1.165) is 48.6 Å². The van der Waals surface area contributed by atoms with Gasteiger partial charge in [0.15, 0.2) is 0 Å². The lowest BCUT2D eigenvalue weighted by atomic mass is 9.82. The van der Waals surface area contributed by atoms with Crippen LogP contribution in [0.4, 0.5) is 10.3 Å². The van der Waals surface area contributed by atoms with Gasteiger partial charge in [0.1, 0.15) is 5.82 Å². The third-order valence-corrected chi connectivity index (χ3v) is 5.45. The lowest BCUT2D eigenvalue weighted by Gasteiger charge is -2.33. The second-order valence-corrected chi connectivity index (χ2v) is 7.27. The van der Waals surface area contributed by atoms with Crippen molar-refractivity contribution in [2.75, 3.05) is 25.5 Å². The molecule has 3 heterocycles. The Morgan fingerprint density at radius 3 is 2.52 bits per heavy atom. The summed E-state index contributed by atoms with van der Waals surface area (Å²) in [7, 11) is 1.34. The van der Waals surface area contributed by atoms with Crippen LogP contribution in [0.15, 0.2) is 42.9 Å². The Kier molecular flexibility index (Phi) is 5.59. The minimum absolute atomic E-state index is 0.245. The van der Waals surface area contributed by atoms with Crippen molar-refractivity contribution in [3.05, 3.63) is 48.7 Å². The summed E-state index contributed by atoms with van der Waals surface area (Å²) in [5.41, 5.74) is 3.26.